The third kappa shape index (κ3) is 3.03. The minimum absolute atomic E-state index is 0.153. The van der Waals surface area contributed by atoms with Gasteiger partial charge in [-0.2, -0.15) is 0 Å². The number of carbonyl (C=O) groups is 2. The maximum atomic E-state index is 12.2. The number of nitrogens with zero attached hydrogens (tertiary/aromatic N) is 1. The van der Waals surface area contributed by atoms with Gasteiger partial charge in [0.2, 0.25) is 5.91 Å². The molecule has 18 heavy (non-hydrogen) atoms. The second kappa shape index (κ2) is 5.72. The number of hydrogen-bond acceptors (Lipinski definition) is 2. The average molecular weight is 253 g/mol. The van der Waals surface area contributed by atoms with Gasteiger partial charge in [-0.25, -0.2) is 0 Å². The largest absolute Gasteiger partial charge is 0.481 e. The average Bonchev–Trinajstić information content (AvgIpc) is 2.26. The second-order valence-corrected chi connectivity index (χ2v) is 5.84. The highest BCUT2D eigenvalue weighted by atomic mass is 16.4. The van der Waals surface area contributed by atoms with Crippen LogP contribution >= 0.6 is 0 Å². The van der Waals surface area contributed by atoms with Gasteiger partial charge in [0.15, 0.2) is 0 Å². The Morgan fingerprint density at radius 2 is 1.94 bits per heavy atom. The molecule has 2 atom stereocenters. The van der Waals surface area contributed by atoms with Gasteiger partial charge in [0, 0.05) is 19.0 Å². The summed E-state index contributed by atoms with van der Waals surface area (Å²) in [4.78, 5) is 25.0. The molecule has 0 radical (unpaired) electrons. The first-order chi connectivity index (χ1) is 8.58. The summed E-state index contributed by atoms with van der Waals surface area (Å²) in [6.45, 7) is 2.43. The van der Waals surface area contributed by atoms with Gasteiger partial charge in [0.1, 0.15) is 0 Å². The maximum absolute atomic E-state index is 12.2. The molecule has 2 aliphatic rings. The van der Waals surface area contributed by atoms with Crippen molar-refractivity contribution < 1.29 is 14.7 Å². The third-order valence-electron chi connectivity index (χ3n) is 4.54. The number of likely N-dealkylation sites (tertiary alicyclic amines) is 1. The van der Waals surface area contributed by atoms with E-state index in [1.807, 2.05) is 6.92 Å². The Bertz CT molecular complexity index is 325. The fourth-order valence-corrected chi connectivity index (χ4v) is 2.91. The number of carbonyl (C=O) groups excluding carboxylic acids is 1. The number of hydrogen-bond donors (Lipinski definition) is 1. The number of rotatable bonds is 4. The van der Waals surface area contributed by atoms with Crippen molar-refractivity contribution in [2.75, 3.05) is 6.54 Å². The highest BCUT2D eigenvalue weighted by Crippen LogP contribution is 2.31. The highest BCUT2D eigenvalue weighted by Gasteiger charge is 2.32. The summed E-state index contributed by atoms with van der Waals surface area (Å²) in [6, 6.07) is 0.203. The second-order valence-electron chi connectivity index (χ2n) is 5.84. The van der Waals surface area contributed by atoms with Gasteiger partial charge >= 0.3 is 5.97 Å². The van der Waals surface area contributed by atoms with Crippen LogP contribution in [0.15, 0.2) is 0 Å². The zero-order chi connectivity index (χ0) is 13.1. The molecule has 4 nitrogen and oxygen atoms in total. The van der Waals surface area contributed by atoms with E-state index in [0.717, 1.165) is 18.8 Å². The van der Waals surface area contributed by atoms with E-state index in [4.69, 9.17) is 5.11 Å². The van der Waals surface area contributed by atoms with Crippen molar-refractivity contribution in [2.24, 2.45) is 11.8 Å². The van der Waals surface area contributed by atoms with Crippen molar-refractivity contribution >= 4 is 11.9 Å². The molecule has 1 aliphatic heterocycles. The lowest BCUT2D eigenvalue weighted by Crippen LogP contribution is -2.47. The fourth-order valence-electron chi connectivity index (χ4n) is 2.91. The molecule has 2 fully saturated rings. The van der Waals surface area contributed by atoms with E-state index in [1.165, 1.54) is 19.3 Å². The number of aliphatic carboxylic acids is 1. The van der Waals surface area contributed by atoms with E-state index >= 15 is 0 Å². The van der Waals surface area contributed by atoms with Crippen LogP contribution in [0.1, 0.15) is 51.9 Å². The molecule has 2 rings (SSSR count). The van der Waals surface area contributed by atoms with E-state index in [9.17, 15) is 9.59 Å². The van der Waals surface area contributed by atoms with E-state index in [-0.39, 0.29) is 17.9 Å². The molecule has 0 aromatic carbocycles. The van der Waals surface area contributed by atoms with Crippen molar-refractivity contribution in [1.29, 1.82) is 0 Å². The predicted octanol–water partition coefficient (Wildman–Crippen LogP) is 2.28. The molecule has 0 aromatic rings. The molecule has 1 amide bonds. The van der Waals surface area contributed by atoms with Gasteiger partial charge < -0.3 is 10.0 Å². The molecule has 102 valence electrons. The SMILES string of the molecule is CC1CCC(C(=O)O)CN1C(=O)CCC1CCC1. The summed E-state index contributed by atoms with van der Waals surface area (Å²) in [5.74, 6) is -0.239. The molecule has 1 heterocycles. The zero-order valence-corrected chi connectivity index (χ0v) is 11.1. The van der Waals surface area contributed by atoms with Crippen molar-refractivity contribution in [1.82, 2.24) is 4.90 Å². The topological polar surface area (TPSA) is 57.6 Å². The minimum atomic E-state index is -0.765. The molecule has 0 spiro atoms. The molecule has 0 bridgehead atoms. The van der Waals surface area contributed by atoms with Gasteiger partial charge in [-0.1, -0.05) is 19.3 Å². The standard InChI is InChI=1S/C14H23NO3/c1-10-5-7-12(14(17)18)9-15(10)13(16)8-6-11-3-2-4-11/h10-12H,2-9H2,1H3,(H,17,18). The lowest BCUT2D eigenvalue weighted by molar-refractivity contribution is -0.147. The Kier molecular flexibility index (Phi) is 4.25. The van der Waals surface area contributed by atoms with Crippen LogP contribution in [0.2, 0.25) is 0 Å². The molecule has 1 N–H and O–H groups in total. The predicted molar refractivity (Wildman–Crippen MR) is 68.1 cm³/mol. The molecule has 1 saturated heterocycles. The Labute approximate surface area is 108 Å². The Balaban J connectivity index is 1.83. The maximum Gasteiger partial charge on any atom is 0.308 e. The first-order valence-electron chi connectivity index (χ1n) is 7.10. The fraction of sp³-hybridized carbons (Fsp3) is 0.857. The van der Waals surface area contributed by atoms with Crippen LogP contribution in [0.4, 0.5) is 0 Å². The van der Waals surface area contributed by atoms with Gasteiger partial charge in [0.25, 0.3) is 0 Å². The van der Waals surface area contributed by atoms with Crippen LogP contribution < -0.4 is 0 Å². The summed E-state index contributed by atoms with van der Waals surface area (Å²) in [6.07, 6.45) is 6.93. The first kappa shape index (κ1) is 13.4. The van der Waals surface area contributed by atoms with Crippen LogP contribution in [0.3, 0.4) is 0 Å². The van der Waals surface area contributed by atoms with Crippen LogP contribution in [-0.2, 0) is 9.59 Å². The number of carboxylic acid groups (broad SMARTS) is 1. The van der Waals surface area contributed by atoms with Crippen LogP contribution in [0.5, 0.6) is 0 Å². The van der Waals surface area contributed by atoms with Gasteiger partial charge in [0.05, 0.1) is 5.92 Å². The summed E-state index contributed by atoms with van der Waals surface area (Å²) >= 11 is 0. The quantitative estimate of drug-likeness (QED) is 0.836. The lowest BCUT2D eigenvalue weighted by Gasteiger charge is -2.37. The van der Waals surface area contributed by atoms with Gasteiger partial charge in [-0.05, 0) is 32.1 Å². The first-order valence-corrected chi connectivity index (χ1v) is 7.10. The normalized spacial score (nSPS) is 28.8. The smallest absolute Gasteiger partial charge is 0.308 e. The molecular formula is C14H23NO3. The van der Waals surface area contributed by atoms with Crippen molar-refractivity contribution in [3.05, 3.63) is 0 Å². The van der Waals surface area contributed by atoms with Gasteiger partial charge in [-0.3, -0.25) is 9.59 Å². The number of amides is 1. The summed E-state index contributed by atoms with van der Waals surface area (Å²) in [7, 11) is 0. The van der Waals surface area contributed by atoms with Crippen LogP contribution in [0.25, 0.3) is 0 Å². The lowest BCUT2D eigenvalue weighted by atomic mass is 9.82. The van der Waals surface area contributed by atoms with Crippen molar-refractivity contribution in [3.8, 4) is 0 Å². The Morgan fingerprint density at radius 1 is 1.22 bits per heavy atom. The van der Waals surface area contributed by atoms with E-state index in [1.54, 1.807) is 4.90 Å². The van der Waals surface area contributed by atoms with Crippen molar-refractivity contribution in [2.45, 2.75) is 57.9 Å². The molecule has 0 aromatic heterocycles. The monoisotopic (exact) mass is 253 g/mol. The van der Waals surface area contributed by atoms with E-state index < -0.39 is 5.97 Å². The summed E-state index contributed by atoms with van der Waals surface area (Å²) < 4.78 is 0. The van der Waals surface area contributed by atoms with Crippen LogP contribution in [0, 0.1) is 11.8 Å². The summed E-state index contributed by atoms with van der Waals surface area (Å²) in [5.41, 5.74) is 0. The third-order valence-corrected chi connectivity index (χ3v) is 4.54. The summed E-state index contributed by atoms with van der Waals surface area (Å²) in [5, 5.41) is 9.05. The molecule has 1 saturated carbocycles. The number of piperidine rings is 1. The Morgan fingerprint density at radius 3 is 2.50 bits per heavy atom. The zero-order valence-electron chi connectivity index (χ0n) is 11.1. The van der Waals surface area contributed by atoms with E-state index in [0.29, 0.717) is 19.4 Å². The molecule has 2 unspecified atom stereocenters. The van der Waals surface area contributed by atoms with Crippen molar-refractivity contribution in [3.63, 3.8) is 0 Å². The Hall–Kier alpha value is -1.06. The van der Waals surface area contributed by atoms with Crippen LogP contribution in [-0.4, -0.2) is 34.5 Å². The minimum Gasteiger partial charge on any atom is -0.481 e. The molecule has 4 heteroatoms. The molecule has 1 aliphatic carbocycles. The highest BCUT2D eigenvalue weighted by molar-refractivity contribution is 5.78. The molecular weight excluding hydrogens is 230 g/mol. The number of carboxylic acids is 1. The van der Waals surface area contributed by atoms with Gasteiger partial charge in [-0.15, -0.1) is 0 Å². The van der Waals surface area contributed by atoms with E-state index in [2.05, 4.69) is 0 Å².